The summed E-state index contributed by atoms with van der Waals surface area (Å²) in [6.45, 7) is 4.75. The van der Waals surface area contributed by atoms with E-state index in [0.29, 0.717) is 6.42 Å². The largest absolute Gasteiger partial charge is 0.331 e. The van der Waals surface area contributed by atoms with Crippen molar-refractivity contribution in [1.82, 2.24) is 4.90 Å². The van der Waals surface area contributed by atoms with E-state index in [4.69, 9.17) is 0 Å². The summed E-state index contributed by atoms with van der Waals surface area (Å²) in [5.74, 6) is 0.246. The van der Waals surface area contributed by atoms with Crippen molar-refractivity contribution in [3.63, 3.8) is 0 Å². The molecule has 1 aliphatic rings. The Morgan fingerprint density at radius 3 is 2.35 bits per heavy atom. The predicted octanol–water partition coefficient (Wildman–Crippen LogP) is 1.92. The number of nitrogens with one attached hydrogen (secondary N) is 1. The van der Waals surface area contributed by atoms with Crippen molar-refractivity contribution in [2.75, 3.05) is 26.2 Å². The first kappa shape index (κ1) is 16.2. The molecule has 3 nitrogen and oxygen atoms in total. The van der Waals surface area contributed by atoms with Gasteiger partial charge in [0.1, 0.15) is 6.54 Å². The molecule has 23 heavy (non-hydrogen) atoms. The van der Waals surface area contributed by atoms with Crippen molar-refractivity contribution in [3.05, 3.63) is 70.2 Å². The van der Waals surface area contributed by atoms with Crippen LogP contribution in [0.4, 0.5) is 0 Å². The summed E-state index contributed by atoms with van der Waals surface area (Å²) in [6.07, 6.45) is 0.514. The molecule has 0 saturated carbocycles. The van der Waals surface area contributed by atoms with Crippen LogP contribution in [0.1, 0.15) is 11.1 Å². The summed E-state index contributed by atoms with van der Waals surface area (Å²) in [4.78, 5) is 15.9. The lowest BCUT2D eigenvalue weighted by atomic mass is 10.1. The van der Waals surface area contributed by atoms with Gasteiger partial charge in [-0.05, 0) is 11.6 Å². The lowest BCUT2D eigenvalue weighted by Crippen LogP contribution is -3.13. The Morgan fingerprint density at radius 1 is 1.00 bits per heavy atom. The van der Waals surface area contributed by atoms with Gasteiger partial charge in [-0.15, -0.1) is 0 Å². The van der Waals surface area contributed by atoms with Gasteiger partial charge in [-0.25, -0.2) is 0 Å². The fraction of sp³-hybridized carbons (Fsp3) is 0.316. The van der Waals surface area contributed by atoms with Crippen LogP contribution in [-0.2, 0) is 17.8 Å². The Bertz CT molecular complexity index is 651. The number of hydrogen-bond acceptors (Lipinski definition) is 1. The van der Waals surface area contributed by atoms with Crippen molar-refractivity contribution in [1.29, 1.82) is 0 Å². The summed E-state index contributed by atoms with van der Waals surface area (Å²) in [5, 5.41) is 0. The van der Waals surface area contributed by atoms with E-state index >= 15 is 0 Å². The molecule has 0 radical (unpaired) electrons. The highest BCUT2D eigenvalue weighted by Crippen LogP contribution is 2.14. The van der Waals surface area contributed by atoms with Crippen molar-refractivity contribution in [2.24, 2.45) is 0 Å². The van der Waals surface area contributed by atoms with Crippen molar-refractivity contribution < 1.29 is 9.69 Å². The third-order valence-corrected chi connectivity index (χ3v) is 5.19. The molecule has 1 saturated heterocycles. The maximum Gasteiger partial charge on any atom is 0.227 e. The molecule has 0 spiro atoms. The third kappa shape index (κ3) is 4.43. The molecule has 2 aromatic rings. The topological polar surface area (TPSA) is 24.8 Å². The van der Waals surface area contributed by atoms with E-state index in [1.807, 2.05) is 41.3 Å². The average molecular weight is 374 g/mol. The summed E-state index contributed by atoms with van der Waals surface area (Å²) in [7, 11) is 0. The second kappa shape index (κ2) is 7.75. The number of benzene rings is 2. The molecule has 3 rings (SSSR count). The van der Waals surface area contributed by atoms with Crippen LogP contribution in [0.3, 0.4) is 0 Å². The number of carbonyl (C=O) groups excluding carboxylic acids is 1. The smallest absolute Gasteiger partial charge is 0.227 e. The molecular weight excluding hydrogens is 352 g/mol. The van der Waals surface area contributed by atoms with Crippen molar-refractivity contribution in [3.8, 4) is 0 Å². The van der Waals surface area contributed by atoms with Gasteiger partial charge in [-0.2, -0.15) is 0 Å². The molecule has 1 amide bonds. The van der Waals surface area contributed by atoms with Gasteiger partial charge in [0.25, 0.3) is 0 Å². The van der Waals surface area contributed by atoms with Gasteiger partial charge in [-0.3, -0.25) is 4.79 Å². The summed E-state index contributed by atoms with van der Waals surface area (Å²) in [6, 6.07) is 18.4. The Kier molecular flexibility index (Phi) is 5.47. The minimum Gasteiger partial charge on any atom is -0.331 e. The zero-order chi connectivity index (χ0) is 16.1. The standard InChI is InChI=1S/C19H21BrN2O/c20-18-9-5-4-8-17(18)15-21-10-12-22(13-11-21)19(23)14-16-6-2-1-3-7-16/h1-9H,10-15H2/p+1. The lowest BCUT2D eigenvalue weighted by Gasteiger charge is -2.32. The van der Waals surface area contributed by atoms with E-state index in [-0.39, 0.29) is 5.91 Å². The van der Waals surface area contributed by atoms with Crippen LogP contribution in [0.2, 0.25) is 0 Å². The third-order valence-electron chi connectivity index (χ3n) is 4.42. The van der Waals surface area contributed by atoms with Gasteiger partial charge in [0.15, 0.2) is 0 Å². The Hall–Kier alpha value is -1.65. The van der Waals surface area contributed by atoms with Crippen molar-refractivity contribution >= 4 is 21.8 Å². The number of amides is 1. The fourth-order valence-electron chi connectivity index (χ4n) is 3.04. The number of piperazine rings is 1. The number of hydrogen-bond donors (Lipinski definition) is 1. The highest BCUT2D eigenvalue weighted by molar-refractivity contribution is 9.10. The molecule has 0 aromatic heterocycles. The van der Waals surface area contributed by atoms with Gasteiger partial charge >= 0.3 is 0 Å². The summed E-state index contributed by atoms with van der Waals surface area (Å²) >= 11 is 3.62. The Balaban J connectivity index is 1.50. The molecule has 0 unspecified atom stereocenters. The predicted molar refractivity (Wildman–Crippen MR) is 95.3 cm³/mol. The van der Waals surface area contributed by atoms with Crippen LogP contribution in [0.15, 0.2) is 59.1 Å². The first-order chi connectivity index (χ1) is 11.2. The molecule has 1 fully saturated rings. The Morgan fingerprint density at radius 2 is 1.65 bits per heavy atom. The van der Waals surface area contributed by atoms with E-state index in [0.717, 1.165) is 38.3 Å². The van der Waals surface area contributed by atoms with Gasteiger partial charge in [0.2, 0.25) is 5.91 Å². The molecule has 120 valence electrons. The van der Waals surface area contributed by atoms with Crippen molar-refractivity contribution in [2.45, 2.75) is 13.0 Å². The number of nitrogens with zero attached hydrogens (tertiary/aromatic N) is 1. The van der Waals surface area contributed by atoms with Gasteiger partial charge in [0.05, 0.1) is 32.6 Å². The molecule has 0 atom stereocenters. The average Bonchev–Trinajstić information content (AvgIpc) is 2.58. The van der Waals surface area contributed by atoms with E-state index in [1.165, 1.54) is 10.0 Å². The van der Waals surface area contributed by atoms with E-state index in [1.54, 1.807) is 4.90 Å². The minimum atomic E-state index is 0.246. The molecule has 0 aliphatic carbocycles. The quantitative estimate of drug-likeness (QED) is 0.869. The lowest BCUT2D eigenvalue weighted by molar-refractivity contribution is -0.917. The molecular formula is C19H22BrN2O+. The normalized spacial score (nSPS) is 15.6. The van der Waals surface area contributed by atoms with E-state index < -0.39 is 0 Å². The molecule has 1 aliphatic heterocycles. The van der Waals surface area contributed by atoms with Crippen LogP contribution in [0, 0.1) is 0 Å². The number of carbonyl (C=O) groups is 1. The first-order valence-electron chi connectivity index (χ1n) is 8.11. The van der Waals surface area contributed by atoms with Gasteiger partial charge < -0.3 is 9.80 Å². The molecule has 1 heterocycles. The zero-order valence-electron chi connectivity index (χ0n) is 13.2. The second-order valence-corrected chi connectivity index (χ2v) is 6.92. The van der Waals surface area contributed by atoms with Crippen LogP contribution < -0.4 is 4.90 Å². The number of quaternary nitrogens is 1. The van der Waals surface area contributed by atoms with Gasteiger partial charge in [-0.1, -0.05) is 64.5 Å². The molecule has 0 bridgehead atoms. The van der Waals surface area contributed by atoms with Crippen LogP contribution in [0.25, 0.3) is 0 Å². The monoisotopic (exact) mass is 373 g/mol. The molecule has 1 N–H and O–H groups in total. The maximum absolute atomic E-state index is 12.4. The van der Waals surface area contributed by atoms with Crippen LogP contribution in [0.5, 0.6) is 0 Å². The number of rotatable bonds is 4. The highest BCUT2D eigenvalue weighted by atomic mass is 79.9. The second-order valence-electron chi connectivity index (χ2n) is 6.06. The zero-order valence-corrected chi connectivity index (χ0v) is 14.8. The molecule has 4 heteroatoms. The summed E-state index contributed by atoms with van der Waals surface area (Å²) in [5.41, 5.74) is 2.44. The first-order valence-corrected chi connectivity index (χ1v) is 8.90. The van der Waals surface area contributed by atoms with Gasteiger partial charge in [0, 0.05) is 10.0 Å². The van der Waals surface area contributed by atoms with Crippen LogP contribution in [-0.4, -0.2) is 37.0 Å². The minimum absolute atomic E-state index is 0.246. The highest BCUT2D eigenvalue weighted by Gasteiger charge is 2.24. The number of halogens is 1. The van der Waals surface area contributed by atoms with Crippen LogP contribution >= 0.6 is 15.9 Å². The SMILES string of the molecule is O=C(Cc1ccccc1)N1CC[NH+](Cc2ccccc2Br)CC1. The molecule has 2 aromatic carbocycles. The Labute approximate surface area is 146 Å². The summed E-state index contributed by atoms with van der Waals surface area (Å²) < 4.78 is 1.18. The van der Waals surface area contributed by atoms with E-state index in [9.17, 15) is 4.79 Å². The maximum atomic E-state index is 12.4. The fourth-order valence-corrected chi connectivity index (χ4v) is 3.47. The van der Waals surface area contributed by atoms with E-state index in [2.05, 4.69) is 34.1 Å².